The van der Waals surface area contributed by atoms with Crippen LogP contribution < -0.4 is 5.32 Å². The van der Waals surface area contributed by atoms with Crippen LogP contribution in [0.15, 0.2) is 30.9 Å². The number of hydrogen-bond donors (Lipinski definition) is 2. The maximum absolute atomic E-state index is 13.0. The topological polar surface area (TPSA) is 97.3 Å². The second-order valence-electron chi connectivity index (χ2n) is 6.62. The molecule has 0 bridgehead atoms. The fourth-order valence-corrected chi connectivity index (χ4v) is 3.46. The summed E-state index contributed by atoms with van der Waals surface area (Å²) < 4.78 is 3.41. The molecule has 1 aliphatic carbocycles. The third-order valence-electron chi connectivity index (χ3n) is 4.78. The largest absolute Gasteiger partial charge is 0.393 e. The molecule has 0 saturated heterocycles. The second kappa shape index (κ2) is 5.96. The summed E-state index contributed by atoms with van der Waals surface area (Å²) in [7, 11) is 1.85. The first-order valence-electron chi connectivity index (χ1n) is 8.30. The number of carbonyl (C=O) groups excluding carboxylic acids is 1. The Balaban J connectivity index is 1.65. The lowest BCUT2D eigenvalue weighted by molar-refractivity contribution is 0.0234. The fraction of sp³-hybridized carbons (Fsp3) is 0.412. The lowest BCUT2D eigenvalue weighted by atomic mass is 9.75. The van der Waals surface area contributed by atoms with Crippen LogP contribution in [0, 0.1) is 12.8 Å². The van der Waals surface area contributed by atoms with Crippen LogP contribution in [0.5, 0.6) is 0 Å². The lowest BCUT2D eigenvalue weighted by Crippen LogP contribution is -2.41. The van der Waals surface area contributed by atoms with Crippen LogP contribution in [-0.2, 0) is 7.05 Å². The number of nitrogens with one attached hydrogen (secondary N) is 1. The SMILES string of the molecule is Cc1nc2ncccn2c1C(=O)NC(c1cnn(C)c1)C1CC(O)C1. The van der Waals surface area contributed by atoms with Crippen molar-refractivity contribution >= 4 is 11.7 Å². The molecule has 0 radical (unpaired) electrons. The van der Waals surface area contributed by atoms with Crippen LogP contribution in [0.2, 0.25) is 0 Å². The molecule has 4 rings (SSSR count). The van der Waals surface area contributed by atoms with Crippen molar-refractivity contribution in [1.29, 1.82) is 0 Å². The summed E-state index contributed by atoms with van der Waals surface area (Å²) in [5.74, 6) is 0.496. The van der Waals surface area contributed by atoms with Gasteiger partial charge in [-0.25, -0.2) is 9.97 Å². The number of aryl methyl sites for hydroxylation is 2. The minimum absolute atomic E-state index is 0.189. The van der Waals surface area contributed by atoms with Gasteiger partial charge in [0.2, 0.25) is 5.78 Å². The van der Waals surface area contributed by atoms with E-state index in [0.29, 0.717) is 30.0 Å². The van der Waals surface area contributed by atoms with Gasteiger partial charge < -0.3 is 10.4 Å². The third kappa shape index (κ3) is 2.78. The van der Waals surface area contributed by atoms with Crippen molar-refractivity contribution in [3.05, 3.63) is 47.8 Å². The predicted octanol–water partition coefficient (Wildman–Crippen LogP) is 1.01. The van der Waals surface area contributed by atoms with Crippen LogP contribution in [0.4, 0.5) is 0 Å². The van der Waals surface area contributed by atoms with E-state index in [4.69, 9.17) is 0 Å². The highest BCUT2D eigenvalue weighted by Crippen LogP contribution is 2.38. The van der Waals surface area contributed by atoms with Gasteiger partial charge in [0.15, 0.2) is 0 Å². The van der Waals surface area contributed by atoms with Crippen molar-refractivity contribution in [2.45, 2.75) is 31.9 Å². The number of hydrogen-bond acceptors (Lipinski definition) is 5. The highest BCUT2D eigenvalue weighted by atomic mass is 16.3. The van der Waals surface area contributed by atoms with Crippen molar-refractivity contribution in [2.75, 3.05) is 0 Å². The van der Waals surface area contributed by atoms with E-state index in [-0.39, 0.29) is 24.0 Å². The van der Waals surface area contributed by atoms with E-state index in [2.05, 4.69) is 20.4 Å². The molecule has 2 N–H and O–H groups in total. The molecule has 8 nitrogen and oxygen atoms in total. The lowest BCUT2D eigenvalue weighted by Gasteiger charge is -2.37. The first-order valence-corrected chi connectivity index (χ1v) is 8.30. The van der Waals surface area contributed by atoms with Gasteiger partial charge in [-0.15, -0.1) is 0 Å². The van der Waals surface area contributed by atoms with Gasteiger partial charge in [0.1, 0.15) is 5.69 Å². The Morgan fingerprint density at radius 3 is 2.92 bits per heavy atom. The monoisotopic (exact) mass is 340 g/mol. The number of aliphatic hydroxyl groups excluding tert-OH is 1. The van der Waals surface area contributed by atoms with Gasteiger partial charge in [0.25, 0.3) is 5.91 Å². The zero-order valence-electron chi connectivity index (χ0n) is 14.1. The fourth-order valence-electron chi connectivity index (χ4n) is 3.46. The van der Waals surface area contributed by atoms with Crippen molar-refractivity contribution < 1.29 is 9.90 Å². The summed E-state index contributed by atoms with van der Waals surface area (Å²) in [5.41, 5.74) is 2.06. The quantitative estimate of drug-likeness (QED) is 0.739. The number of nitrogens with zero attached hydrogens (tertiary/aromatic N) is 5. The van der Waals surface area contributed by atoms with E-state index >= 15 is 0 Å². The average molecular weight is 340 g/mol. The summed E-state index contributed by atoms with van der Waals surface area (Å²) >= 11 is 0. The molecule has 1 fully saturated rings. The molecule has 1 amide bonds. The molecular formula is C17H20N6O2. The molecule has 0 aliphatic heterocycles. The Hall–Kier alpha value is -2.74. The predicted molar refractivity (Wildman–Crippen MR) is 89.9 cm³/mol. The maximum atomic E-state index is 13.0. The van der Waals surface area contributed by atoms with Crippen LogP contribution in [0.25, 0.3) is 5.78 Å². The first kappa shape index (κ1) is 15.8. The Bertz CT molecular complexity index is 924. The van der Waals surface area contributed by atoms with Crippen LogP contribution in [-0.4, -0.2) is 41.3 Å². The summed E-state index contributed by atoms with van der Waals surface area (Å²) in [6.07, 6.45) is 8.15. The van der Waals surface area contributed by atoms with E-state index in [9.17, 15) is 9.90 Å². The number of carbonyl (C=O) groups is 1. The molecule has 3 aromatic heterocycles. The van der Waals surface area contributed by atoms with Crippen LogP contribution >= 0.6 is 0 Å². The Morgan fingerprint density at radius 2 is 2.24 bits per heavy atom. The van der Waals surface area contributed by atoms with Gasteiger partial charge in [-0.1, -0.05) is 0 Å². The van der Waals surface area contributed by atoms with Crippen molar-refractivity contribution in [2.24, 2.45) is 13.0 Å². The van der Waals surface area contributed by atoms with E-state index in [1.807, 2.05) is 13.2 Å². The first-order chi connectivity index (χ1) is 12.0. The highest BCUT2D eigenvalue weighted by Gasteiger charge is 2.37. The van der Waals surface area contributed by atoms with Crippen molar-refractivity contribution in [1.82, 2.24) is 29.5 Å². The summed E-state index contributed by atoms with van der Waals surface area (Å²) in [5, 5.41) is 17.0. The third-order valence-corrected chi connectivity index (χ3v) is 4.78. The molecule has 1 atom stereocenters. The summed E-state index contributed by atoms with van der Waals surface area (Å²) in [6, 6.07) is 1.58. The van der Waals surface area contributed by atoms with E-state index in [0.717, 1.165) is 5.56 Å². The number of aliphatic hydroxyl groups is 1. The molecule has 1 unspecified atom stereocenters. The number of aromatic nitrogens is 5. The van der Waals surface area contributed by atoms with E-state index in [1.54, 1.807) is 40.7 Å². The van der Waals surface area contributed by atoms with Gasteiger partial charge >= 0.3 is 0 Å². The van der Waals surface area contributed by atoms with Crippen molar-refractivity contribution in [3.8, 4) is 0 Å². The molecular weight excluding hydrogens is 320 g/mol. The molecule has 0 spiro atoms. The summed E-state index contributed by atoms with van der Waals surface area (Å²) in [4.78, 5) is 21.5. The zero-order valence-corrected chi connectivity index (χ0v) is 14.1. The minimum Gasteiger partial charge on any atom is -0.393 e. The van der Waals surface area contributed by atoms with Crippen molar-refractivity contribution in [3.63, 3.8) is 0 Å². The highest BCUT2D eigenvalue weighted by molar-refractivity contribution is 5.94. The molecule has 130 valence electrons. The number of fused-ring (bicyclic) bond motifs is 1. The number of amides is 1. The molecule has 8 heteroatoms. The van der Waals surface area contributed by atoms with Gasteiger partial charge in [-0.05, 0) is 31.7 Å². The van der Waals surface area contributed by atoms with Gasteiger partial charge in [0.05, 0.1) is 24.0 Å². The second-order valence-corrected chi connectivity index (χ2v) is 6.62. The van der Waals surface area contributed by atoms with E-state index < -0.39 is 0 Å². The number of rotatable bonds is 4. The molecule has 1 aliphatic rings. The Kier molecular flexibility index (Phi) is 3.76. The molecule has 3 aromatic rings. The average Bonchev–Trinajstić information content (AvgIpc) is 3.12. The molecule has 0 aromatic carbocycles. The molecule has 25 heavy (non-hydrogen) atoms. The maximum Gasteiger partial charge on any atom is 0.270 e. The smallest absolute Gasteiger partial charge is 0.270 e. The summed E-state index contributed by atoms with van der Waals surface area (Å²) in [6.45, 7) is 1.80. The van der Waals surface area contributed by atoms with E-state index in [1.165, 1.54) is 0 Å². The van der Waals surface area contributed by atoms with Gasteiger partial charge in [0, 0.05) is 31.2 Å². The standard InChI is InChI=1S/C17H20N6O2/c1-10-15(23-5-3-4-18-17(23)20-10)16(25)21-14(11-6-13(24)7-11)12-8-19-22(2)9-12/h3-5,8-9,11,13-14,24H,6-7H2,1-2H3,(H,21,25). The van der Waals surface area contributed by atoms with Crippen LogP contribution in [0.3, 0.4) is 0 Å². The Morgan fingerprint density at radius 1 is 1.44 bits per heavy atom. The number of imidazole rings is 1. The van der Waals surface area contributed by atoms with Crippen LogP contribution in [0.1, 0.15) is 40.6 Å². The zero-order chi connectivity index (χ0) is 17.6. The van der Waals surface area contributed by atoms with Gasteiger partial charge in [-0.2, -0.15) is 5.10 Å². The normalized spacial score (nSPS) is 21.1. The minimum atomic E-state index is -0.289. The van der Waals surface area contributed by atoms with Gasteiger partial charge in [-0.3, -0.25) is 13.9 Å². The molecule has 1 saturated carbocycles. The Labute approximate surface area is 144 Å². The molecule has 3 heterocycles.